The Morgan fingerprint density at radius 3 is 2.61 bits per heavy atom. The lowest BCUT2D eigenvalue weighted by molar-refractivity contribution is -0.122. The van der Waals surface area contributed by atoms with E-state index < -0.39 is 0 Å². The van der Waals surface area contributed by atoms with Crippen LogP contribution in [0.4, 0.5) is 0 Å². The number of hydrogen-bond acceptors (Lipinski definition) is 2. The normalized spacial score (nSPS) is 16.7. The van der Waals surface area contributed by atoms with Crippen LogP contribution < -0.4 is 10.6 Å². The second-order valence-corrected chi connectivity index (χ2v) is 5.93. The third-order valence-corrected chi connectivity index (χ3v) is 4.15. The van der Waals surface area contributed by atoms with Gasteiger partial charge in [0.25, 0.3) is 0 Å². The lowest BCUT2D eigenvalue weighted by Gasteiger charge is -2.11. The van der Waals surface area contributed by atoms with Gasteiger partial charge in [0, 0.05) is 6.54 Å². The fraction of sp³-hybridized carbons (Fsp3) is 0.316. The summed E-state index contributed by atoms with van der Waals surface area (Å²) >= 11 is 0. The van der Waals surface area contributed by atoms with Gasteiger partial charge in [0.15, 0.2) is 0 Å². The number of aryl methyl sites for hydroxylation is 1. The van der Waals surface area contributed by atoms with Gasteiger partial charge in [0.1, 0.15) is 0 Å². The summed E-state index contributed by atoms with van der Waals surface area (Å²) in [7, 11) is 0. The molecule has 2 N–H and O–H groups in total. The molecule has 0 bridgehead atoms. The van der Waals surface area contributed by atoms with Gasteiger partial charge in [0.05, 0.1) is 6.04 Å². The highest BCUT2D eigenvalue weighted by atomic mass is 35.5. The van der Waals surface area contributed by atoms with Crippen molar-refractivity contribution in [1.82, 2.24) is 10.6 Å². The van der Waals surface area contributed by atoms with Crippen molar-refractivity contribution in [3.05, 3.63) is 59.7 Å². The van der Waals surface area contributed by atoms with Gasteiger partial charge in [-0.3, -0.25) is 4.79 Å². The molecule has 2 aromatic rings. The van der Waals surface area contributed by atoms with Gasteiger partial charge < -0.3 is 10.6 Å². The van der Waals surface area contributed by atoms with E-state index in [0.717, 1.165) is 24.9 Å². The molecule has 1 aliphatic heterocycles. The average Bonchev–Trinajstić information content (AvgIpc) is 3.08. The van der Waals surface area contributed by atoms with Crippen molar-refractivity contribution in [2.45, 2.75) is 32.4 Å². The first-order chi connectivity index (χ1) is 10.7. The summed E-state index contributed by atoms with van der Waals surface area (Å²) in [6.07, 6.45) is 2.03. The molecule has 1 amide bonds. The van der Waals surface area contributed by atoms with Crippen LogP contribution in [0.5, 0.6) is 0 Å². The van der Waals surface area contributed by atoms with Gasteiger partial charge in [-0.05, 0) is 43.0 Å². The van der Waals surface area contributed by atoms with E-state index in [1.165, 1.54) is 16.7 Å². The van der Waals surface area contributed by atoms with Crippen LogP contribution in [0.25, 0.3) is 11.1 Å². The summed E-state index contributed by atoms with van der Waals surface area (Å²) in [6.45, 7) is 3.64. The first kappa shape index (κ1) is 17.5. The van der Waals surface area contributed by atoms with Gasteiger partial charge in [-0.25, -0.2) is 0 Å². The quantitative estimate of drug-likeness (QED) is 0.901. The maximum Gasteiger partial charge on any atom is 0.237 e. The lowest BCUT2D eigenvalue weighted by atomic mass is 10.0. The van der Waals surface area contributed by atoms with E-state index in [4.69, 9.17) is 0 Å². The number of halogens is 1. The molecule has 1 unspecified atom stereocenters. The molecule has 0 spiro atoms. The van der Waals surface area contributed by atoms with E-state index in [1.54, 1.807) is 0 Å². The highest BCUT2D eigenvalue weighted by molar-refractivity contribution is 5.85. The van der Waals surface area contributed by atoms with Crippen LogP contribution in [0.2, 0.25) is 0 Å². The second kappa shape index (κ2) is 8.14. The molecule has 0 radical (unpaired) electrons. The SMILES string of the molecule is Cc1cccc(-c2ccc(CNC(=O)C3CCCN3)cc2)c1.Cl. The summed E-state index contributed by atoms with van der Waals surface area (Å²) in [5.74, 6) is 0.111. The highest BCUT2D eigenvalue weighted by Gasteiger charge is 2.21. The maximum atomic E-state index is 12.0. The fourth-order valence-corrected chi connectivity index (χ4v) is 2.86. The molecule has 1 fully saturated rings. The van der Waals surface area contributed by atoms with Crippen molar-refractivity contribution in [3.8, 4) is 11.1 Å². The minimum atomic E-state index is -0.00781. The Kier molecular flexibility index (Phi) is 6.20. The van der Waals surface area contributed by atoms with E-state index in [1.807, 2.05) is 0 Å². The van der Waals surface area contributed by atoms with Crippen molar-refractivity contribution in [2.24, 2.45) is 0 Å². The fourth-order valence-electron chi connectivity index (χ4n) is 2.86. The zero-order valence-electron chi connectivity index (χ0n) is 13.3. The summed E-state index contributed by atoms with van der Waals surface area (Å²) in [6, 6.07) is 16.9. The van der Waals surface area contributed by atoms with Crippen molar-refractivity contribution in [1.29, 1.82) is 0 Å². The minimum Gasteiger partial charge on any atom is -0.351 e. The largest absolute Gasteiger partial charge is 0.351 e. The van der Waals surface area contributed by atoms with Gasteiger partial charge in [-0.1, -0.05) is 54.1 Å². The molecule has 1 aliphatic rings. The molecule has 1 heterocycles. The van der Waals surface area contributed by atoms with E-state index in [-0.39, 0.29) is 24.4 Å². The van der Waals surface area contributed by atoms with Crippen LogP contribution in [0.15, 0.2) is 48.5 Å². The van der Waals surface area contributed by atoms with Crippen LogP contribution in [0, 0.1) is 6.92 Å². The van der Waals surface area contributed by atoms with Gasteiger partial charge in [0.2, 0.25) is 5.91 Å². The van der Waals surface area contributed by atoms with Crippen LogP contribution >= 0.6 is 12.4 Å². The number of amides is 1. The van der Waals surface area contributed by atoms with E-state index in [2.05, 4.69) is 66.1 Å². The first-order valence-electron chi connectivity index (χ1n) is 7.89. The maximum absolute atomic E-state index is 12.0. The molecule has 4 heteroatoms. The Labute approximate surface area is 143 Å². The smallest absolute Gasteiger partial charge is 0.237 e. The zero-order chi connectivity index (χ0) is 15.4. The van der Waals surface area contributed by atoms with Crippen molar-refractivity contribution in [2.75, 3.05) is 6.54 Å². The summed E-state index contributed by atoms with van der Waals surface area (Å²) in [5.41, 5.74) is 4.82. The molecule has 0 saturated carbocycles. The van der Waals surface area contributed by atoms with Crippen molar-refractivity contribution in [3.63, 3.8) is 0 Å². The molecular formula is C19H23ClN2O. The number of hydrogen-bond donors (Lipinski definition) is 2. The molecule has 3 nitrogen and oxygen atoms in total. The molecule has 1 saturated heterocycles. The predicted molar refractivity (Wildman–Crippen MR) is 96.7 cm³/mol. The monoisotopic (exact) mass is 330 g/mol. The Hall–Kier alpha value is -1.84. The Balaban J connectivity index is 0.00000192. The number of benzene rings is 2. The van der Waals surface area contributed by atoms with E-state index in [0.29, 0.717) is 6.54 Å². The zero-order valence-corrected chi connectivity index (χ0v) is 14.2. The Morgan fingerprint density at radius 1 is 1.17 bits per heavy atom. The third kappa shape index (κ3) is 4.57. The van der Waals surface area contributed by atoms with Crippen LogP contribution in [0.3, 0.4) is 0 Å². The van der Waals surface area contributed by atoms with E-state index in [9.17, 15) is 4.79 Å². The molecule has 0 aliphatic carbocycles. The summed E-state index contributed by atoms with van der Waals surface area (Å²) in [5, 5.41) is 6.22. The minimum absolute atomic E-state index is 0. The molecule has 122 valence electrons. The molecule has 23 heavy (non-hydrogen) atoms. The number of rotatable bonds is 4. The molecular weight excluding hydrogens is 308 g/mol. The second-order valence-electron chi connectivity index (χ2n) is 5.93. The Morgan fingerprint density at radius 2 is 1.96 bits per heavy atom. The third-order valence-electron chi connectivity index (χ3n) is 4.15. The number of carbonyl (C=O) groups is 1. The van der Waals surface area contributed by atoms with Gasteiger partial charge >= 0.3 is 0 Å². The molecule has 2 aromatic carbocycles. The number of carbonyl (C=O) groups excluding carboxylic acids is 1. The molecule has 1 atom stereocenters. The van der Waals surface area contributed by atoms with Crippen molar-refractivity contribution < 1.29 is 4.79 Å². The average molecular weight is 331 g/mol. The van der Waals surface area contributed by atoms with Crippen LogP contribution in [-0.2, 0) is 11.3 Å². The van der Waals surface area contributed by atoms with E-state index >= 15 is 0 Å². The van der Waals surface area contributed by atoms with Crippen LogP contribution in [0.1, 0.15) is 24.0 Å². The first-order valence-corrected chi connectivity index (χ1v) is 7.89. The predicted octanol–water partition coefficient (Wildman–Crippen LogP) is 3.45. The van der Waals surface area contributed by atoms with Crippen LogP contribution in [-0.4, -0.2) is 18.5 Å². The standard InChI is InChI=1S/C19H22N2O.ClH/c1-14-4-2-5-17(12-14)16-9-7-15(8-10-16)13-21-19(22)18-6-3-11-20-18;/h2,4-5,7-10,12,18,20H,3,6,11,13H2,1H3,(H,21,22);1H. The summed E-state index contributed by atoms with van der Waals surface area (Å²) in [4.78, 5) is 12.0. The highest BCUT2D eigenvalue weighted by Crippen LogP contribution is 2.20. The number of nitrogens with one attached hydrogen (secondary N) is 2. The lowest BCUT2D eigenvalue weighted by Crippen LogP contribution is -2.39. The van der Waals surface area contributed by atoms with Crippen molar-refractivity contribution >= 4 is 18.3 Å². The van der Waals surface area contributed by atoms with Gasteiger partial charge in [-0.15, -0.1) is 12.4 Å². The molecule has 3 rings (SSSR count). The Bertz CT molecular complexity index is 649. The topological polar surface area (TPSA) is 41.1 Å². The summed E-state index contributed by atoms with van der Waals surface area (Å²) < 4.78 is 0. The van der Waals surface area contributed by atoms with Gasteiger partial charge in [-0.2, -0.15) is 0 Å². The molecule has 0 aromatic heterocycles.